The zero-order valence-electron chi connectivity index (χ0n) is 20.2. The van der Waals surface area contributed by atoms with Gasteiger partial charge < -0.3 is 20.6 Å². The van der Waals surface area contributed by atoms with Crippen LogP contribution in [0.25, 0.3) is 10.9 Å². The molecule has 0 spiro atoms. The van der Waals surface area contributed by atoms with Crippen LogP contribution in [0.1, 0.15) is 54.2 Å². The molecule has 38 heavy (non-hydrogen) atoms. The summed E-state index contributed by atoms with van der Waals surface area (Å²) >= 11 is 6.11. The second kappa shape index (κ2) is 10.3. The van der Waals surface area contributed by atoms with Crippen molar-refractivity contribution >= 4 is 40.2 Å². The minimum Gasteiger partial charge on any atom is -0.465 e. The van der Waals surface area contributed by atoms with Gasteiger partial charge in [-0.15, -0.1) is 0 Å². The fourth-order valence-electron chi connectivity index (χ4n) is 5.19. The van der Waals surface area contributed by atoms with Gasteiger partial charge in [-0.3, -0.25) is 9.48 Å². The van der Waals surface area contributed by atoms with Crippen LogP contribution in [0.15, 0.2) is 36.7 Å². The number of hydrogen-bond acceptors (Lipinski definition) is 5. The highest BCUT2D eigenvalue weighted by Crippen LogP contribution is 2.35. The van der Waals surface area contributed by atoms with Crippen LogP contribution in [0, 0.1) is 0 Å². The van der Waals surface area contributed by atoms with Crippen LogP contribution >= 0.6 is 11.6 Å². The first-order valence-corrected chi connectivity index (χ1v) is 12.7. The number of carbonyl (C=O) groups is 2. The highest BCUT2D eigenvalue weighted by atomic mass is 35.5. The average molecular weight is 551 g/mol. The summed E-state index contributed by atoms with van der Waals surface area (Å²) < 4.78 is 42.1. The monoisotopic (exact) mass is 550 g/mol. The van der Waals surface area contributed by atoms with Gasteiger partial charge >= 0.3 is 12.3 Å². The molecule has 2 aliphatic rings. The van der Waals surface area contributed by atoms with Crippen LogP contribution in [0.3, 0.4) is 0 Å². The number of rotatable bonds is 5. The number of nitrogens with zero attached hydrogens (tertiary/aromatic N) is 4. The Morgan fingerprint density at radius 3 is 2.66 bits per heavy atom. The first-order valence-electron chi connectivity index (χ1n) is 12.3. The van der Waals surface area contributed by atoms with Crippen LogP contribution in [0.5, 0.6) is 0 Å². The molecular weight excluding hydrogens is 525 g/mol. The minimum atomic E-state index is -4.60. The van der Waals surface area contributed by atoms with Gasteiger partial charge in [0.15, 0.2) is 0 Å². The molecule has 0 unspecified atom stereocenters. The number of alkyl halides is 3. The number of nitrogens with one attached hydrogen (secondary N) is 2. The topological polar surface area (TPSA) is 112 Å². The van der Waals surface area contributed by atoms with Crippen molar-refractivity contribution in [2.45, 2.75) is 56.4 Å². The molecule has 1 aromatic carbocycles. The highest BCUT2D eigenvalue weighted by molar-refractivity contribution is 6.31. The van der Waals surface area contributed by atoms with E-state index in [0.717, 1.165) is 25.3 Å². The summed E-state index contributed by atoms with van der Waals surface area (Å²) in [6.07, 6.45) is 0.918. The maximum Gasteiger partial charge on any atom is 0.433 e. The number of aromatic nitrogens is 3. The Hall–Kier alpha value is -3.54. The van der Waals surface area contributed by atoms with Gasteiger partial charge in [0.05, 0.1) is 23.3 Å². The number of hydrogen-bond donors (Lipinski definition) is 3. The van der Waals surface area contributed by atoms with Gasteiger partial charge in [0.1, 0.15) is 5.69 Å². The summed E-state index contributed by atoms with van der Waals surface area (Å²) in [6, 6.07) is 5.10. The van der Waals surface area contributed by atoms with Crippen molar-refractivity contribution in [3.8, 4) is 0 Å². The molecule has 1 saturated heterocycles. The van der Waals surface area contributed by atoms with E-state index in [2.05, 4.69) is 20.7 Å². The Morgan fingerprint density at radius 1 is 1.13 bits per heavy atom. The maximum absolute atomic E-state index is 13.5. The third-order valence-electron chi connectivity index (χ3n) is 7.10. The van der Waals surface area contributed by atoms with E-state index in [4.69, 9.17) is 16.7 Å². The Morgan fingerprint density at radius 2 is 1.92 bits per heavy atom. The van der Waals surface area contributed by atoms with Crippen LogP contribution in [-0.2, 0) is 6.18 Å². The van der Waals surface area contributed by atoms with Gasteiger partial charge in [-0.25, -0.2) is 9.78 Å². The van der Waals surface area contributed by atoms with Crippen molar-refractivity contribution in [3.05, 3.63) is 52.9 Å². The van der Waals surface area contributed by atoms with Gasteiger partial charge in [-0.1, -0.05) is 11.6 Å². The average Bonchev–Trinajstić information content (AvgIpc) is 3.54. The molecule has 0 bridgehead atoms. The summed E-state index contributed by atoms with van der Waals surface area (Å²) in [5.74, 6) is -0.296. The summed E-state index contributed by atoms with van der Waals surface area (Å²) in [5, 5.41) is 20.6. The molecule has 1 aliphatic carbocycles. The van der Waals surface area contributed by atoms with Crippen molar-refractivity contribution in [1.29, 1.82) is 0 Å². The Labute approximate surface area is 221 Å². The number of halogens is 4. The van der Waals surface area contributed by atoms with Crippen LogP contribution in [0.2, 0.25) is 5.02 Å². The van der Waals surface area contributed by atoms with Gasteiger partial charge in [-0.2, -0.15) is 18.3 Å². The molecule has 5 rings (SSSR count). The predicted molar refractivity (Wildman–Crippen MR) is 134 cm³/mol. The molecule has 3 N–H and O–H groups in total. The number of likely N-dealkylation sites (tertiary alicyclic amines) is 1. The zero-order chi connectivity index (χ0) is 27.0. The lowest BCUT2D eigenvalue weighted by molar-refractivity contribution is -0.140. The van der Waals surface area contributed by atoms with E-state index >= 15 is 0 Å². The SMILES string of the molecule is O=C(N[C@@H]1CCC[C@H](Nc2cc(C(F)(F)F)nc3ccc(Cl)cc23)C1)c1cnn([C@@H]2CCN(C(=O)O)C2)c1. The maximum atomic E-state index is 13.5. The second-order valence-corrected chi connectivity index (χ2v) is 10.2. The molecule has 9 nitrogen and oxygen atoms in total. The van der Waals surface area contributed by atoms with Crippen molar-refractivity contribution < 1.29 is 27.9 Å². The molecule has 2 fully saturated rings. The number of benzene rings is 1. The quantitative estimate of drug-likeness (QED) is 0.403. The Bertz CT molecular complexity index is 1360. The van der Waals surface area contributed by atoms with Crippen LogP contribution in [-0.4, -0.2) is 61.9 Å². The van der Waals surface area contributed by atoms with Gasteiger partial charge in [0.25, 0.3) is 5.91 Å². The standard InChI is InChI=1S/C25H26ClF3N6O3/c26-15-4-5-20-19(8-15)21(10-22(33-20)25(27,28)29)31-16-2-1-3-17(9-16)32-23(36)14-11-30-35(12-14)18-6-7-34(13-18)24(37)38/h4-5,8,10-12,16-18H,1-3,6-7,9,13H2,(H,31,33)(H,32,36)(H,37,38)/t16-,17+,18+/m0/s1. The lowest BCUT2D eigenvalue weighted by Crippen LogP contribution is -2.41. The van der Waals surface area contributed by atoms with Crippen LogP contribution in [0.4, 0.5) is 23.7 Å². The van der Waals surface area contributed by atoms with E-state index in [9.17, 15) is 22.8 Å². The highest BCUT2D eigenvalue weighted by Gasteiger charge is 2.34. The number of anilines is 1. The lowest BCUT2D eigenvalue weighted by atomic mass is 9.90. The molecule has 202 valence electrons. The second-order valence-electron chi connectivity index (χ2n) is 9.77. The summed E-state index contributed by atoms with van der Waals surface area (Å²) in [5.41, 5.74) is -0.118. The molecule has 13 heteroatoms. The van der Waals surface area contributed by atoms with Crippen molar-refractivity contribution in [2.24, 2.45) is 0 Å². The van der Waals surface area contributed by atoms with Crippen molar-refractivity contribution in [1.82, 2.24) is 25.0 Å². The number of amides is 2. The third-order valence-corrected chi connectivity index (χ3v) is 7.34. The van der Waals surface area contributed by atoms with E-state index in [0.29, 0.717) is 47.6 Å². The minimum absolute atomic E-state index is 0.124. The molecular formula is C25H26ClF3N6O3. The molecule has 3 aromatic rings. The molecule has 1 saturated carbocycles. The fraction of sp³-hybridized carbons (Fsp3) is 0.440. The van der Waals surface area contributed by atoms with Crippen molar-refractivity contribution in [2.75, 3.05) is 18.4 Å². The Balaban J connectivity index is 1.26. The fourth-order valence-corrected chi connectivity index (χ4v) is 5.36. The largest absolute Gasteiger partial charge is 0.465 e. The lowest BCUT2D eigenvalue weighted by Gasteiger charge is -2.31. The van der Waals surface area contributed by atoms with Gasteiger partial charge in [0.2, 0.25) is 0 Å². The number of pyridine rings is 1. The molecule has 3 atom stereocenters. The van der Waals surface area contributed by atoms with Crippen molar-refractivity contribution in [3.63, 3.8) is 0 Å². The van der Waals surface area contributed by atoms with E-state index in [1.165, 1.54) is 23.2 Å². The first kappa shape index (κ1) is 26.1. The summed E-state index contributed by atoms with van der Waals surface area (Å²) in [6.45, 7) is 0.736. The number of carbonyl (C=O) groups excluding carboxylic acids is 1. The van der Waals surface area contributed by atoms with Crippen LogP contribution < -0.4 is 10.6 Å². The number of carboxylic acid groups (broad SMARTS) is 1. The van der Waals surface area contributed by atoms with Gasteiger partial charge in [-0.05, 0) is 56.4 Å². The molecule has 1 aliphatic heterocycles. The summed E-state index contributed by atoms with van der Waals surface area (Å²) in [4.78, 5) is 29.1. The van der Waals surface area contributed by atoms with E-state index in [1.807, 2.05) is 0 Å². The van der Waals surface area contributed by atoms with E-state index in [-0.39, 0.29) is 29.5 Å². The third kappa shape index (κ3) is 5.64. The first-order chi connectivity index (χ1) is 18.1. The van der Waals surface area contributed by atoms with Gasteiger partial charge in [0, 0.05) is 47.5 Å². The summed E-state index contributed by atoms with van der Waals surface area (Å²) in [7, 11) is 0. The molecule has 2 amide bonds. The zero-order valence-corrected chi connectivity index (χ0v) is 21.0. The predicted octanol–water partition coefficient (Wildman–Crippen LogP) is 5.18. The van der Waals surface area contributed by atoms with E-state index in [1.54, 1.807) is 16.9 Å². The normalized spacial score (nSPS) is 22.0. The molecule has 0 radical (unpaired) electrons. The number of fused-ring (bicyclic) bond motifs is 1. The molecule has 2 aromatic heterocycles. The molecule has 3 heterocycles. The smallest absolute Gasteiger partial charge is 0.433 e. The Kier molecular flexibility index (Phi) is 7.08. The van der Waals surface area contributed by atoms with E-state index < -0.39 is 18.0 Å².